The van der Waals surface area contributed by atoms with Gasteiger partial charge in [0, 0.05) is 51.2 Å². The summed E-state index contributed by atoms with van der Waals surface area (Å²) in [6.07, 6.45) is 0. The fraction of sp³-hybridized carbons (Fsp3) is 0.941. The first-order valence-corrected chi connectivity index (χ1v) is 8.90. The van der Waals surface area contributed by atoms with E-state index in [1.165, 1.54) is 0 Å². The summed E-state index contributed by atoms with van der Waals surface area (Å²) in [5.74, 6) is 0.100. The topological polar surface area (TPSA) is 54.0 Å². The van der Waals surface area contributed by atoms with Crippen LogP contribution in [-0.2, 0) is 14.3 Å². The predicted molar refractivity (Wildman–Crippen MR) is 92.6 cm³/mol. The molecule has 1 aliphatic heterocycles. The van der Waals surface area contributed by atoms with Gasteiger partial charge in [0.25, 0.3) is 0 Å². The lowest BCUT2D eigenvalue weighted by molar-refractivity contribution is -0.124. The maximum atomic E-state index is 11.3. The van der Waals surface area contributed by atoms with Gasteiger partial charge in [-0.05, 0) is 13.8 Å². The van der Waals surface area contributed by atoms with Gasteiger partial charge in [-0.3, -0.25) is 14.6 Å². The average molecular weight is 329 g/mol. The first kappa shape index (κ1) is 20.4. The van der Waals surface area contributed by atoms with E-state index in [9.17, 15) is 4.79 Å². The summed E-state index contributed by atoms with van der Waals surface area (Å²) in [5, 5.41) is 2.82. The normalized spacial score (nSPS) is 17.1. The first-order valence-electron chi connectivity index (χ1n) is 8.90. The average Bonchev–Trinajstić information content (AvgIpc) is 2.53. The summed E-state index contributed by atoms with van der Waals surface area (Å²) in [7, 11) is 0. The minimum Gasteiger partial charge on any atom is -0.378 e. The van der Waals surface area contributed by atoms with Crippen LogP contribution in [0.25, 0.3) is 0 Å². The number of amides is 1. The van der Waals surface area contributed by atoms with Crippen molar-refractivity contribution in [3.63, 3.8) is 0 Å². The minimum atomic E-state index is 0.0285. The number of piperazine rings is 1. The highest BCUT2D eigenvalue weighted by Gasteiger charge is 2.18. The Morgan fingerprint density at radius 1 is 0.957 bits per heavy atom. The Kier molecular flexibility index (Phi) is 10.4. The summed E-state index contributed by atoms with van der Waals surface area (Å²) in [6.45, 7) is 16.9. The second-order valence-electron chi connectivity index (χ2n) is 6.64. The number of nitrogens with zero attached hydrogens (tertiary/aromatic N) is 2. The van der Waals surface area contributed by atoms with Crippen LogP contribution in [-0.4, -0.2) is 87.4 Å². The van der Waals surface area contributed by atoms with Crippen molar-refractivity contribution in [1.29, 1.82) is 0 Å². The van der Waals surface area contributed by atoms with Gasteiger partial charge in [-0.1, -0.05) is 13.8 Å². The molecular formula is C17H35N3O3. The molecule has 1 N–H and O–H groups in total. The highest BCUT2D eigenvalue weighted by molar-refractivity contribution is 5.77. The van der Waals surface area contributed by atoms with Crippen molar-refractivity contribution in [2.45, 2.75) is 33.7 Å². The van der Waals surface area contributed by atoms with Crippen LogP contribution in [0.5, 0.6) is 0 Å². The molecule has 0 atom stereocenters. The third kappa shape index (κ3) is 9.25. The van der Waals surface area contributed by atoms with E-state index in [1.54, 1.807) is 0 Å². The Labute approximate surface area is 141 Å². The SMILES string of the molecule is CC(C)C(=O)NCCOCCOCCN1CCN(C(C)C)CC1. The molecule has 1 rings (SSSR count). The highest BCUT2D eigenvalue weighted by Crippen LogP contribution is 2.05. The van der Waals surface area contributed by atoms with Gasteiger partial charge in [-0.15, -0.1) is 0 Å². The minimum absolute atomic E-state index is 0.0285. The molecule has 1 aliphatic rings. The lowest BCUT2D eigenvalue weighted by Crippen LogP contribution is -2.49. The number of rotatable bonds is 11. The Bertz CT molecular complexity index is 316. The molecule has 136 valence electrons. The molecule has 1 saturated heterocycles. The van der Waals surface area contributed by atoms with Gasteiger partial charge in [-0.2, -0.15) is 0 Å². The molecule has 0 bridgehead atoms. The monoisotopic (exact) mass is 329 g/mol. The number of carbonyl (C=O) groups excluding carboxylic acids is 1. The standard InChI is InChI=1S/C17H35N3O3/c1-15(2)17(21)18-5-11-22-13-14-23-12-10-19-6-8-20(9-7-19)16(3)4/h15-16H,5-14H2,1-4H3,(H,18,21). The zero-order valence-corrected chi connectivity index (χ0v) is 15.3. The summed E-state index contributed by atoms with van der Waals surface area (Å²) >= 11 is 0. The van der Waals surface area contributed by atoms with E-state index in [4.69, 9.17) is 9.47 Å². The van der Waals surface area contributed by atoms with Crippen molar-refractivity contribution < 1.29 is 14.3 Å². The molecule has 1 heterocycles. The molecule has 6 nitrogen and oxygen atoms in total. The Balaban J connectivity index is 1.86. The van der Waals surface area contributed by atoms with E-state index in [-0.39, 0.29) is 11.8 Å². The molecule has 0 spiro atoms. The van der Waals surface area contributed by atoms with Crippen LogP contribution in [0.4, 0.5) is 0 Å². The number of ether oxygens (including phenoxy) is 2. The molecule has 0 aromatic heterocycles. The first-order chi connectivity index (χ1) is 11.0. The van der Waals surface area contributed by atoms with E-state index in [2.05, 4.69) is 29.0 Å². The third-order valence-electron chi connectivity index (χ3n) is 4.13. The van der Waals surface area contributed by atoms with Crippen LogP contribution in [0.3, 0.4) is 0 Å². The van der Waals surface area contributed by atoms with Gasteiger partial charge in [0.2, 0.25) is 5.91 Å². The Hall–Kier alpha value is -0.690. The molecule has 0 aromatic rings. The van der Waals surface area contributed by atoms with Crippen molar-refractivity contribution >= 4 is 5.91 Å². The number of hydrogen-bond acceptors (Lipinski definition) is 5. The van der Waals surface area contributed by atoms with Gasteiger partial charge in [0.1, 0.15) is 0 Å². The van der Waals surface area contributed by atoms with Crippen LogP contribution in [0.1, 0.15) is 27.7 Å². The number of nitrogens with one attached hydrogen (secondary N) is 1. The van der Waals surface area contributed by atoms with Crippen LogP contribution >= 0.6 is 0 Å². The zero-order chi connectivity index (χ0) is 17.1. The largest absolute Gasteiger partial charge is 0.378 e. The van der Waals surface area contributed by atoms with Crippen molar-refractivity contribution in [1.82, 2.24) is 15.1 Å². The molecule has 0 unspecified atom stereocenters. The van der Waals surface area contributed by atoms with Gasteiger partial charge >= 0.3 is 0 Å². The van der Waals surface area contributed by atoms with E-state index in [1.807, 2.05) is 13.8 Å². The van der Waals surface area contributed by atoms with Gasteiger partial charge in [-0.25, -0.2) is 0 Å². The Morgan fingerprint density at radius 3 is 2.13 bits per heavy atom. The summed E-state index contributed by atoms with van der Waals surface area (Å²) in [5.41, 5.74) is 0. The molecule has 6 heteroatoms. The molecule has 1 amide bonds. The smallest absolute Gasteiger partial charge is 0.222 e. The highest BCUT2D eigenvalue weighted by atomic mass is 16.5. The zero-order valence-electron chi connectivity index (χ0n) is 15.3. The molecular weight excluding hydrogens is 294 g/mol. The van der Waals surface area contributed by atoms with Crippen molar-refractivity contribution in [2.75, 3.05) is 65.7 Å². The molecule has 23 heavy (non-hydrogen) atoms. The molecule has 1 fully saturated rings. The van der Waals surface area contributed by atoms with E-state index >= 15 is 0 Å². The molecule has 0 saturated carbocycles. The van der Waals surface area contributed by atoms with Crippen molar-refractivity contribution in [3.05, 3.63) is 0 Å². The summed E-state index contributed by atoms with van der Waals surface area (Å²) in [4.78, 5) is 16.3. The second-order valence-corrected chi connectivity index (χ2v) is 6.64. The quantitative estimate of drug-likeness (QED) is 0.569. The maximum absolute atomic E-state index is 11.3. The molecule has 0 aliphatic carbocycles. The lowest BCUT2D eigenvalue weighted by atomic mass is 10.2. The van der Waals surface area contributed by atoms with Gasteiger partial charge < -0.3 is 14.8 Å². The fourth-order valence-corrected chi connectivity index (χ4v) is 2.47. The Morgan fingerprint density at radius 2 is 1.57 bits per heavy atom. The van der Waals surface area contributed by atoms with E-state index < -0.39 is 0 Å². The lowest BCUT2D eigenvalue weighted by Gasteiger charge is -2.36. The predicted octanol–water partition coefficient (Wildman–Crippen LogP) is 0.818. The summed E-state index contributed by atoms with van der Waals surface area (Å²) < 4.78 is 11.0. The van der Waals surface area contributed by atoms with Crippen LogP contribution in [0, 0.1) is 5.92 Å². The van der Waals surface area contributed by atoms with Crippen LogP contribution in [0.2, 0.25) is 0 Å². The van der Waals surface area contributed by atoms with Crippen LogP contribution < -0.4 is 5.32 Å². The van der Waals surface area contributed by atoms with Crippen molar-refractivity contribution in [2.24, 2.45) is 5.92 Å². The van der Waals surface area contributed by atoms with Crippen LogP contribution in [0.15, 0.2) is 0 Å². The van der Waals surface area contributed by atoms with Gasteiger partial charge in [0.15, 0.2) is 0 Å². The summed E-state index contributed by atoms with van der Waals surface area (Å²) in [6, 6.07) is 0.649. The number of carbonyl (C=O) groups is 1. The van der Waals surface area contributed by atoms with E-state index in [0.29, 0.717) is 32.4 Å². The van der Waals surface area contributed by atoms with Crippen molar-refractivity contribution in [3.8, 4) is 0 Å². The van der Waals surface area contributed by atoms with Gasteiger partial charge in [0.05, 0.1) is 26.4 Å². The molecule has 0 aromatic carbocycles. The third-order valence-corrected chi connectivity index (χ3v) is 4.13. The maximum Gasteiger partial charge on any atom is 0.222 e. The van der Waals surface area contributed by atoms with E-state index in [0.717, 1.165) is 39.3 Å². The second kappa shape index (κ2) is 11.8. The fourth-order valence-electron chi connectivity index (χ4n) is 2.47. The molecule has 0 radical (unpaired) electrons. The number of hydrogen-bond donors (Lipinski definition) is 1.